The molecule has 1 fully saturated rings. The molecule has 120 valence electrons. The molecule has 0 aliphatic carbocycles. The van der Waals surface area contributed by atoms with Crippen LogP contribution in [0.1, 0.15) is 18.4 Å². The van der Waals surface area contributed by atoms with Gasteiger partial charge in [-0.1, -0.05) is 48.5 Å². The Bertz CT molecular complexity index is 604. The molecule has 1 saturated heterocycles. The lowest BCUT2D eigenvalue weighted by molar-refractivity contribution is -0.112. The number of piperidine rings is 1. The van der Waals surface area contributed by atoms with Crippen molar-refractivity contribution >= 4 is 12.0 Å². The molecule has 0 spiro atoms. The minimum Gasteiger partial charge on any atom is -0.373 e. The normalized spacial score (nSPS) is 17.6. The summed E-state index contributed by atoms with van der Waals surface area (Å²) in [7, 11) is 0. The molecule has 0 radical (unpaired) electrons. The van der Waals surface area contributed by atoms with Crippen LogP contribution in [0.15, 0.2) is 60.7 Å². The number of hydrogen-bond acceptors (Lipinski definition) is 3. The largest absolute Gasteiger partial charge is 0.373 e. The lowest BCUT2D eigenvalue weighted by Gasteiger charge is -2.39. The number of hydrogen-bond donors (Lipinski definition) is 1. The van der Waals surface area contributed by atoms with Gasteiger partial charge < -0.3 is 15.0 Å². The van der Waals surface area contributed by atoms with Crippen LogP contribution < -0.4 is 5.32 Å². The van der Waals surface area contributed by atoms with Crippen molar-refractivity contribution in [1.82, 2.24) is 4.90 Å². The molecular weight excluding hydrogens is 284 g/mol. The number of benzene rings is 2. The standard InChI is InChI=1S/C20H24N2O/c23-17-20(21-19-9-5-2-6-10-19)12-15-22(16-13-20)14-11-18-7-3-1-4-8-18/h1-10,17,21H,11-16H2. The van der Waals surface area contributed by atoms with E-state index in [0.717, 1.165) is 50.9 Å². The zero-order valence-corrected chi connectivity index (χ0v) is 13.4. The first-order chi connectivity index (χ1) is 11.3. The second-order valence-electron chi connectivity index (χ2n) is 6.34. The molecule has 0 saturated carbocycles. The van der Waals surface area contributed by atoms with Gasteiger partial charge in [0.25, 0.3) is 0 Å². The highest BCUT2D eigenvalue weighted by molar-refractivity contribution is 5.71. The first kappa shape index (κ1) is 15.8. The van der Waals surface area contributed by atoms with Crippen molar-refractivity contribution in [2.45, 2.75) is 24.8 Å². The number of rotatable bonds is 6. The molecule has 1 aliphatic heterocycles. The Morgan fingerprint density at radius 2 is 1.57 bits per heavy atom. The molecule has 3 heteroatoms. The van der Waals surface area contributed by atoms with Gasteiger partial charge in [-0.2, -0.15) is 0 Å². The summed E-state index contributed by atoms with van der Waals surface area (Å²) in [6.07, 6.45) is 3.90. The van der Waals surface area contributed by atoms with Crippen molar-refractivity contribution < 1.29 is 4.79 Å². The fraction of sp³-hybridized carbons (Fsp3) is 0.350. The fourth-order valence-electron chi connectivity index (χ4n) is 3.19. The van der Waals surface area contributed by atoms with Gasteiger partial charge in [-0.05, 0) is 37.0 Å². The number of carbonyl (C=O) groups excluding carboxylic acids is 1. The SMILES string of the molecule is O=CC1(Nc2ccccc2)CCN(CCc2ccccc2)CC1. The maximum atomic E-state index is 11.7. The van der Waals surface area contributed by atoms with Crippen LogP contribution in [-0.4, -0.2) is 36.4 Å². The van der Waals surface area contributed by atoms with Crippen molar-refractivity contribution in [2.24, 2.45) is 0 Å². The van der Waals surface area contributed by atoms with Crippen LogP contribution in [-0.2, 0) is 11.2 Å². The van der Waals surface area contributed by atoms with E-state index in [4.69, 9.17) is 0 Å². The third-order valence-electron chi connectivity index (χ3n) is 4.70. The number of nitrogens with zero attached hydrogens (tertiary/aromatic N) is 1. The van der Waals surface area contributed by atoms with E-state index < -0.39 is 5.54 Å². The van der Waals surface area contributed by atoms with Crippen molar-refractivity contribution in [3.63, 3.8) is 0 Å². The molecule has 0 bridgehead atoms. The predicted molar refractivity (Wildman–Crippen MR) is 94.7 cm³/mol. The van der Waals surface area contributed by atoms with E-state index in [1.807, 2.05) is 30.3 Å². The topological polar surface area (TPSA) is 32.3 Å². The molecule has 3 nitrogen and oxygen atoms in total. The van der Waals surface area contributed by atoms with Gasteiger partial charge in [-0.3, -0.25) is 0 Å². The van der Waals surface area contributed by atoms with Gasteiger partial charge in [0, 0.05) is 25.3 Å². The summed E-state index contributed by atoms with van der Waals surface area (Å²) in [4.78, 5) is 14.2. The van der Waals surface area contributed by atoms with Crippen LogP contribution in [0.2, 0.25) is 0 Å². The molecule has 2 aromatic rings. The summed E-state index contributed by atoms with van der Waals surface area (Å²) in [5, 5.41) is 3.44. The molecule has 1 heterocycles. The quantitative estimate of drug-likeness (QED) is 0.830. The Balaban J connectivity index is 1.53. The Kier molecular flexibility index (Phi) is 5.09. The second-order valence-corrected chi connectivity index (χ2v) is 6.34. The van der Waals surface area contributed by atoms with E-state index in [2.05, 4.69) is 40.5 Å². The molecule has 3 rings (SSSR count). The minimum absolute atomic E-state index is 0.412. The molecule has 1 aliphatic rings. The highest BCUT2D eigenvalue weighted by atomic mass is 16.1. The average molecular weight is 308 g/mol. The number of anilines is 1. The monoisotopic (exact) mass is 308 g/mol. The van der Waals surface area contributed by atoms with Gasteiger partial charge in [0.15, 0.2) is 0 Å². The number of carbonyl (C=O) groups is 1. The Morgan fingerprint density at radius 1 is 0.957 bits per heavy atom. The maximum Gasteiger partial charge on any atom is 0.145 e. The van der Waals surface area contributed by atoms with E-state index in [0.29, 0.717) is 0 Å². The Hall–Kier alpha value is -2.13. The van der Waals surface area contributed by atoms with Crippen LogP contribution in [0.3, 0.4) is 0 Å². The highest BCUT2D eigenvalue weighted by Crippen LogP contribution is 2.25. The molecule has 0 unspecified atom stereocenters. The Labute approximate surface area is 138 Å². The molecule has 2 aromatic carbocycles. The zero-order valence-electron chi connectivity index (χ0n) is 13.4. The number of likely N-dealkylation sites (tertiary alicyclic amines) is 1. The average Bonchev–Trinajstić information content (AvgIpc) is 2.63. The third kappa shape index (κ3) is 4.20. The van der Waals surface area contributed by atoms with Gasteiger partial charge >= 0.3 is 0 Å². The number of para-hydroxylation sites is 1. The van der Waals surface area contributed by atoms with Gasteiger partial charge in [0.05, 0.1) is 5.54 Å². The summed E-state index contributed by atoms with van der Waals surface area (Å²) < 4.78 is 0. The van der Waals surface area contributed by atoms with Crippen LogP contribution in [0.25, 0.3) is 0 Å². The number of nitrogens with one attached hydrogen (secondary N) is 1. The number of aldehydes is 1. The lowest BCUT2D eigenvalue weighted by atomic mass is 9.88. The van der Waals surface area contributed by atoms with E-state index in [1.54, 1.807) is 0 Å². The van der Waals surface area contributed by atoms with Gasteiger partial charge in [-0.15, -0.1) is 0 Å². The fourth-order valence-corrected chi connectivity index (χ4v) is 3.19. The van der Waals surface area contributed by atoms with Crippen molar-refractivity contribution in [1.29, 1.82) is 0 Å². The molecule has 0 atom stereocenters. The molecule has 23 heavy (non-hydrogen) atoms. The van der Waals surface area contributed by atoms with E-state index in [9.17, 15) is 4.79 Å². The van der Waals surface area contributed by atoms with Crippen molar-refractivity contribution in [3.05, 3.63) is 66.2 Å². The van der Waals surface area contributed by atoms with E-state index >= 15 is 0 Å². The summed E-state index contributed by atoms with van der Waals surface area (Å²) in [6.45, 7) is 2.99. The molecular formula is C20H24N2O. The van der Waals surface area contributed by atoms with Crippen LogP contribution >= 0.6 is 0 Å². The van der Waals surface area contributed by atoms with Gasteiger partial charge in [0.1, 0.15) is 6.29 Å². The minimum atomic E-state index is -0.412. The second kappa shape index (κ2) is 7.42. The third-order valence-corrected chi connectivity index (χ3v) is 4.70. The predicted octanol–water partition coefficient (Wildman–Crippen LogP) is 3.37. The van der Waals surface area contributed by atoms with Crippen LogP contribution in [0.4, 0.5) is 5.69 Å². The van der Waals surface area contributed by atoms with E-state index in [-0.39, 0.29) is 0 Å². The molecule has 0 amide bonds. The summed E-state index contributed by atoms with van der Waals surface area (Å²) in [6, 6.07) is 20.6. The summed E-state index contributed by atoms with van der Waals surface area (Å²) >= 11 is 0. The first-order valence-electron chi connectivity index (χ1n) is 8.36. The van der Waals surface area contributed by atoms with Gasteiger partial charge in [-0.25, -0.2) is 0 Å². The van der Waals surface area contributed by atoms with Crippen molar-refractivity contribution in [2.75, 3.05) is 25.0 Å². The van der Waals surface area contributed by atoms with Crippen molar-refractivity contribution in [3.8, 4) is 0 Å². The van der Waals surface area contributed by atoms with Crippen LogP contribution in [0.5, 0.6) is 0 Å². The maximum absolute atomic E-state index is 11.7. The lowest BCUT2D eigenvalue weighted by Crippen LogP contribution is -2.50. The molecule has 0 aromatic heterocycles. The zero-order chi connectivity index (χ0) is 16.0. The molecule has 1 N–H and O–H groups in total. The smallest absolute Gasteiger partial charge is 0.145 e. The van der Waals surface area contributed by atoms with Crippen LogP contribution in [0, 0.1) is 0 Å². The highest BCUT2D eigenvalue weighted by Gasteiger charge is 2.34. The van der Waals surface area contributed by atoms with E-state index in [1.165, 1.54) is 5.56 Å². The van der Waals surface area contributed by atoms with Gasteiger partial charge in [0.2, 0.25) is 0 Å². The Morgan fingerprint density at radius 3 is 2.17 bits per heavy atom. The summed E-state index contributed by atoms with van der Waals surface area (Å²) in [5.41, 5.74) is 1.99. The summed E-state index contributed by atoms with van der Waals surface area (Å²) in [5.74, 6) is 0. The first-order valence-corrected chi connectivity index (χ1v) is 8.36.